The quantitative estimate of drug-likeness (QED) is 0.459. The number of amides is 2. The summed E-state index contributed by atoms with van der Waals surface area (Å²) in [6, 6.07) is 15.5. The third kappa shape index (κ3) is 6.58. The van der Waals surface area contributed by atoms with Crippen LogP contribution in [0.15, 0.2) is 48.5 Å². The van der Waals surface area contributed by atoms with Gasteiger partial charge in [-0.2, -0.15) is 0 Å². The molecular weight excluding hydrogens is 422 g/mol. The van der Waals surface area contributed by atoms with Gasteiger partial charge in [0.25, 0.3) is 0 Å². The van der Waals surface area contributed by atoms with E-state index in [9.17, 15) is 9.59 Å². The summed E-state index contributed by atoms with van der Waals surface area (Å²) in [6.07, 6.45) is 0. The number of aryl methyl sites for hydroxylation is 1. The highest BCUT2D eigenvalue weighted by Crippen LogP contribution is 2.20. The Kier molecular flexibility index (Phi) is 8.70. The number of benzene rings is 2. The Labute approximate surface area is 193 Å². The summed E-state index contributed by atoms with van der Waals surface area (Å²) in [5.41, 5.74) is 3.70. The molecule has 2 aromatic carbocycles. The number of aromatic nitrogens is 2. The zero-order chi connectivity index (χ0) is 22.9. The molecule has 0 spiro atoms. The number of imidazole rings is 1. The smallest absolute Gasteiger partial charge is 0.236 e. The van der Waals surface area contributed by atoms with Gasteiger partial charge in [0.1, 0.15) is 0 Å². The third-order valence-corrected chi connectivity index (χ3v) is 6.14. The van der Waals surface area contributed by atoms with Gasteiger partial charge in [0.05, 0.1) is 22.5 Å². The SMILES string of the molecule is CCN(CC)CCn1c(NC(=O)CSCC(=O)Nc2cccc(C)c2)nc2ccccc21. The highest BCUT2D eigenvalue weighted by atomic mass is 32.2. The number of carbonyl (C=O) groups is 2. The Balaban J connectivity index is 1.56. The first kappa shape index (κ1) is 23.8. The van der Waals surface area contributed by atoms with Crippen molar-refractivity contribution in [1.29, 1.82) is 0 Å². The molecule has 2 N–H and O–H groups in total. The summed E-state index contributed by atoms with van der Waals surface area (Å²) in [4.78, 5) is 31.7. The summed E-state index contributed by atoms with van der Waals surface area (Å²) < 4.78 is 2.06. The highest BCUT2D eigenvalue weighted by Gasteiger charge is 2.14. The predicted octanol–water partition coefficient (Wildman–Crippen LogP) is 4.00. The number of nitrogens with one attached hydrogen (secondary N) is 2. The molecule has 1 aromatic heterocycles. The summed E-state index contributed by atoms with van der Waals surface area (Å²) in [6.45, 7) is 9.84. The lowest BCUT2D eigenvalue weighted by Crippen LogP contribution is -2.28. The van der Waals surface area contributed by atoms with E-state index in [-0.39, 0.29) is 23.3 Å². The number of fused-ring (bicyclic) bond motifs is 1. The van der Waals surface area contributed by atoms with Crippen LogP contribution in [0.5, 0.6) is 0 Å². The summed E-state index contributed by atoms with van der Waals surface area (Å²) in [7, 11) is 0. The molecule has 0 aliphatic carbocycles. The zero-order valence-electron chi connectivity index (χ0n) is 18.9. The molecule has 0 bridgehead atoms. The lowest BCUT2D eigenvalue weighted by Gasteiger charge is -2.19. The number of para-hydroxylation sites is 2. The number of hydrogen-bond acceptors (Lipinski definition) is 5. The largest absolute Gasteiger partial charge is 0.325 e. The number of nitrogens with zero attached hydrogens (tertiary/aromatic N) is 3. The van der Waals surface area contributed by atoms with Gasteiger partial charge in [-0.1, -0.05) is 38.1 Å². The van der Waals surface area contributed by atoms with Gasteiger partial charge in [-0.05, 0) is 49.8 Å². The molecule has 0 unspecified atom stereocenters. The van der Waals surface area contributed by atoms with E-state index >= 15 is 0 Å². The van der Waals surface area contributed by atoms with Crippen LogP contribution in [0, 0.1) is 6.92 Å². The Morgan fingerprint density at radius 1 is 1.00 bits per heavy atom. The standard InChI is InChI=1S/C24H31N5O2S/c1-4-28(5-2)13-14-29-21-12-7-6-11-20(21)26-24(29)27-23(31)17-32-16-22(30)25-19-10-8-9-18(3)15-19/h6-12,15H,4-5,13-14,16-17H2,1-3H3,(H,25,30)(H,26,27,31). The first-order valence-electron chi connectivity index (χ1n) is 10.9. The molecule has 0 saturated heterocycles. The van der Waals surface area contributed by atoms with Crippen molar-refractivity contribution in [3.63, 3.8) is 0 Å². The Hall–Kier alpha value is -2.84. The lowest BCUT2D eigenvalue weighted by molar-refractivity contribution is -0.114. The fourth-order valence-electron chi connectivity index (χ4n) is 3.50. The van der Waals surface area contributed by atoms with E-state index in [0.29, 0.717) is 5.95 Å². The maximum absolute atomic E-state index is 12.5. The third-order valence-electron chi connectivity index (χ3n) is 5.21. The maximum Gasteiger partial charge on any atom is 0.236 e. The van der Waals surface area contributed by atoms with Gasteiger partial charge in [0, 0.05) is 18.8 Å². The first-order chi connectivity index (χ1) is 15.5. The van der Waals surface area contributed by atoms with Gasteiger partial charge in [0.15, 0.2) is 0 Å². The van der Waals surface area contributed by atoms with Gasteiger partial charge in [-0.25, -0.2) is 4.98 Å². The molecule has 170 valence electrons. The average Bonchev–Trinajstić information content (AvgIpc) is 3.11. The molecule has 0 radical (unpaired) electrons. The fourth-order valence-corrected chi connectivity index (χ4v) is 4.11. The van der Waals surface area contributed by atoms with E-state index < -0.39 is 0 Å². The van der Waals surface area contributed by atoms with Crippen LogP contribution < -0.4 is 10.6 Å². The van der Waals surface area contributed by atoms with E-state index in [1.54, 1.807) is 0 Å². The molecule has 3 aromatic rings. The van der Waals surface area contributed by atoms with Crippen molar-refractivity contribution in [2.45, 2.75) is 27.3 Å². The van der Waals surface area contributed by atoms with Gasteiger partial charge in [-0.15, -0.1) is 11.8 Å². The topological polar surface area (TPSA) is 79.3 Å². The Morgan fingerprint density at radius 2 is 1.72 bits per heavy atom. The van der Waals surface area contributed by atoms with Crippen LogP contribution in [0.1, 0.15) is 19.4 Å². The number of thioether (sulfide) groups is 1. The molecule has 0 fully saturated rings. The first-order valence-corrected chi connectivity index (χ1v) is 12.1. The van der Waals surface area contributed by atoms with E-state index in [0.717, 1.165) is 48.5 Å². The number of hydrogen-bond donors (Lipinski definition) is 2. The van der Waals surface area contributed by atoms with E-state index in [2.05, 4.69) is 38.9 Å². The molecule has 0 atom stereocenters. The molecule has 3 rings (SSSR count). The molecule has 1 heterocycles. The molecule has 32 heavy (non-hydrogen) atoms. The van der Waals surface area contributed by atoms with Crippen molar-refractivity contribution in [3.8, 4) is 0 Å². The molecule has 7 nitrogen and oxygen atoms in total. The molecule has 2 amide bonds. The molecular formula is C24H31N5O2S. The van der Waals surface area contributed by atoms with Crippen molar-refractivity contribution in [3.05, 3.63) is 54.1 Å². The monoisotopic (exact) mass is 453 g/mol. The predicted molar refractivity (Wildman–Crippen MR) is 133 cm³/mol. The van der Waals surface area contributed by atoms with Gasteiger partial charge in [0.2, 0.25) is 17.8 Å². The summed E-state index contributed by atoms with van der Waals surface area (Å²) >= 11 is 1.28. The van der Waals surface area contributed by atoms with Gasteiger partial charge < -0.3 is 14.8 Å². The van der Waals surface area contributed by atoms with Crippen LogP contribution in [0.4, 0.5) is 11.6 Å². The van der Waals surface area contributed by atoms with Gasteiger partial charge >= 0.3 is 0 Å². The van der Waals surface area contributed by atoms with Crippen molar-refractivity contribution < 1.29 is 9.59 Å². The second kappa shape index (κ2) is 11.7. The highest BCUT2D eigenvalue weighted by molar-refractivity contribution is 8.00. The maximum atomic E-state index is 12.5. The van der Waals surface area contributed by atoms with Crippen LogP contribution in [0.2, 0.25) is 0 Å². The number of carbonyl (C=O) groups excluding carboxylic acids is 2. The number of anilines is 2. The van der Waals surface area contributed by atoms with Crippen molar-refractivity contribution in [1.82, 2.24) is 14.5 Å². The molecule has 0 aliphatic rings. The second-order valence-electron chi connectivity index (χ2n) is 7.56. The average molecular weight is 454 g/mol. The van der Waals surface area contributed by atoms with Crippen LogP contribution in [-0.4, -0.2) is 57.4 Å². The van der Waals surface area contributed by atoms with Crippen LogP contribution in [-0.2, 0) is 16.1 Å². The van der Waals surface area contributed by atoms with Crippen molar-refractivity contribution in [2.75, 3.05) is 41.8 Å². The lowest BCUT2D eigenvalue weighted by atomic mass is 10.2. The van der Waals surface area contributed by atoms with Gasteiger partial charge in [-0.3, -0.25) is 14.9 Å². The van der Waals surface area contributed by atoms with Crippen LogP contribution >= 0.6 is 11.8 Å². The van der Waals surface area contributed by atoms with E-state index in [1.807, 2.05) is 55.5 Å². The number of likely N-dealkylation sites (N-methyl/N-ethyl adjacent to an activating group) is 1. The minimum absolute atomic E-state index is 0.125. The van der Waals surface area contributed by atoms with Crippen LogP contribution in [0.3, 0.4) is 0 Å². The van der Waals surface area contributed by atoms with Crippen molar-refractivity contribution >= 4 is 46.2 Å². The van der Waals surface area contributed by atoms with E-state index in [4.69, 9.17) is 0 Å². The Bertz CT molecular complexity index is 1060. The van der Waals surface area contributed by atoms with Crippen molar-refractivity contribution in [2.24, 2.45) is 0 Å². The Morgan fingerprint density at radius 3 is 2.44 bits per heavy atom. The molecule has 0 aliphatic heterocycles. The fraction of sp³-hybridized carbons (Fsp3) is 0.375. The summed E-state index contributed by atoms with van der Waals surface area (Å²) in [5, 5.41) is 5.79. The minimum atomic E-state index is -0.169. The van der Waals surface area contributed by atoms with Crippen LogP contribution in [0.25, 0.3) is 11.0 Å². The van der Waals surface area contributed by atoms with E-state index in [1.165, 1.54) is 11.8 Å². The second-order valence-corrected chi connectivity index (χ2v) is 8.55. The minimum Gasteiger partial charge on any atom is -0.325 e. The molecule has 0 saturated carbocycles. The summed E-state index contributed by atoms with van der Waals surface area (Å²) in [5.74, 6) is 0.644. The normalized spacial score (nSPS) is 11.1. The number of rotatable bonds is 11. The molecule has 8 heteroatoms. The zero-order valence-corrected chi connectivity index (χ0v) is 19.7.